The minimum atomic E-state index is -1.24. The lowest BCUT2D eigenvalue weighted by molar-refractivity contribution is -0.150. The van der Waals surface area contributed by atoms with Crippen LogP contribution in [0.4, 0.5) is 4.79 Å². The second-order valence-corrected chi connectivity index (χ2v) is 5.88. The van der Waals surface area contributed by atoms with Gasteiger partial charge in [-0.2, -0.15) is 0 Å². The van der Waals surface area contributed by atoms with E-state index in [2.05, 4.69) is 10.1 Å². The van der Waals surface area contributed by atoms with Crippen molar-refractivity contribution in [3.05, 3.63) is 0 Å². The number of carbonyl (C=O) groups excluding carboxylic acids is 2. The molecule has 1 fully saturated rings. The number of piperidine rings is 1. The molecule has 120 valence electrons. The zero-order valence-electron chi connectivity index (χ0n) is 13.0. The molecule has 2 unspecified atom stereocenters. The Morgan fingerprint density at radius 3 is 2.38 bits per heavy atom. The normalized spacial score (nSPS) is 23.6. The van der Waals surface area contributed by atoms with Crippen LogP contribution in [0.25, 0.3) is 0 Å². The Bertz CT molecular complexity index is 424. The van der Waals surface area contributed by atoms with Gasteiger partial charge in [0.05, 0.1) is 7.11 Å². The number of urea groups is 1. The lowest BCUT2D eigenvalue weighted by Crippen LogP contribution is -2.62. The van der Waals surface area contributed by atoms with E-state index in [9.17, 15) is 19.5 Å². The first-order chi connectivity index (χ1) is 9.74. The summed E-state index contributed by atoms with van der Waals surface area (Å²) in [7, 11) is 1.26. The largest absolute Gasteiger partial charge is 0.480 e. The van der Waals surface area contributed by atoms with Crippen molar-refractivity contribution in [3.63, 3.8) is 0 Å². The molecule has 0 aliphatic carbocycles. The molecule has 1 aliphatic rings. The van der Waals surface area contributed by atoms with Gasteiger partial charge in [-0.15, -0.1) is 0 Å². The second kappa shape index (κ2) is 6.78. The predicted octanol–water partition coefficient (Wildman–Crippen LogP) is 1.22. The molecule has 7 nitrogen and oxygen atoms in total. The van der Waals surface area contributed by atoms with Crippen molar-refractivity contribution < 1.29 is 24.2 Å². The van der Waals surface area contributed by atoms with E-state index in [-0.39, 0.29) is 5.92 Å². The molecular weight excluding hydrogens is 276 g/mol. The summed E-state index contributed by atoms with van der Waals surface area (Å²) in [4.78, 5) is 36.9. The lowest BCUT2D eigenvalue weighted by atomic mass is 9.89. The van der Waals surface area contributed by atoms with E-state index in [0.29, 0.717) is 13.0 Å². The molecule has 2 atom stereocenters. The number of aliphatic carboxylic acids is 1. The standard InChI is InChI=1S/C14H24N2O5/c1-9(2)10(11(17)21-4)15-13(20)16-8-6-5-7-14(16,3)12(18)19/h9-10H,5-8H2,1-4H3,(H,15,20)(H,18,19). The highest BCUT2D eigenvalue weighted by Crippen LogP contribution is 2.28. The number of likely N-dealkylation sites (tertiary alicyclic amines) is 1. The molecule has 0 aromatic rings. The van der Waals surface area contributed by atoms with Crippen LogP contribution in [0.15, 0.2) is 0 Å². The highest BCUT2D eigenvalue weighted by molar-refractivity contribution is 5.89. The molecule has 0 aromatic heterocycles. The number of esters is 1. The fourth-order valence-electron chi connectivity index (χ4n) is 2.50. The molecule has 1 heterocycles. The van der Waals surface area contributed by atoms with E-state index in [1.54, 1.807) is 13.8 Å². The molecule has 0 bridgehead atoms. The van der Waals surface area contributed by atoms with Crippen molar-refractivity contribution in [3.8, 4) is 0 Å². The molecule has 2 N–H and O–H groups in total. The van der Waals surface area contributed by atoms with Gasteiger partial charge in [-0.3, -0.25) is 0 Å². The van der Waals surface area contributed by atoms with Crippen LogP contribution in [0.1, 0.15) is 40.0 Å². The summed E-state index contributed by atoms with van der Waals surface area (Å²) in [5, 5.41) is 12.0. The molecule has 1 saturated heterocycles. The van der Waals surface area contributed by atoms with E-state index in [4.69, 9.17) is 0 Å². The smallest absolute Gasteiger partial charge is 0.329 e. The van der Waals surface area contributed by atoms with Crippen LogP contribution in [0.2, 0.25) is 0 Å². The van der Waals surface area contributed by atoms with Crippen molar-refractivity contribution in [1.29, 1.82) is 0 Å². The predicted molar refractivity (Wildman–Crippen MR) is 75.8 cm³/mol. The Morgan fingerprint density at radius 1 is 1.29 bits per heavy atom. The minimum Gasteiger partial charge on any atom is -0.480 e. The Morgan fingerprint density at radius 2 is 1.90 bits per heavy atom. The second-order valence-electron chi connectivity index (χ2n) is 5.88. The third-order valence-corrected chi connectivity index (χ3v) is 4.00. The van der Waals surface area contributed by atoms with Crippen LogP contribution in [0.5, 0.6) is 0 Å². The Balaban J connectivity index is 2.89. The number of methoxy groups -OCH3 is 1. The summed E-state index contributed by atoms with van der Waals surface area (Å²) in [5.41, 5.74) is -1.24. The van der Waals surface area contributed by atoms with Gasteiger partial charge < -0.3 is 20.1 Å². The summed E-state index contributed by atoms with van der Waals surface area (Å²) in [6.07, 6.45) is 1.92. The summed E-state index contributed by atoms with van der Waals surface area (Å²) >= 11 is 0. The third-order valence-electron chi connectivity index (χ3n) is 4.00. The Kier molecular flexibility index (Phi) is 5.57. The van der Waals surface area contributed by atoms with Crippen LogP contribution < -0.4 is 5.32 Å². The number of carboxylic acid groups (broad SMARTS) is 1. The Hall–Kier alpha value is -1.79. The fraction of sp³-hybridized carbons (Fsp3) is 0.786. The maximum absolute atomic E-state index is 12.4. The molecule has 2 amide bonds. The maximum Gasteiger partial charge on any atom is 0.329 e. The van der Waals surface area contributed by atoms with Crippen LogP contribution in [-0.4, -0.2) is 53.2 Å². The van der Waals surface area contributed by atoms with Crippen LogP contribution in [-0.2, 0) is 14.3 Å². The maximum atomic E-state index is 12.4. The number of amides is 2. The Labute approximate surface area is 124 Å². The van der Waals surface area contributed by atoms with Gasteiger partial charge in [-0.05, 0) is 32.1 Å². The van der Waals surface area contributed by atoms with E-state index < -0.39 is 29.6 Å². The first kappa shape index (κ1) is 17.3. The summed E-state index contributed by atoms with van der Waals surface area (Å²) < 4.78 is 4.67. The number of nitrogens with one attached hydrogen (secondary N) is 1. The van der Waals surface area contributed by atoms with Gasteiger partial charge in [0, 0.05) is 6.54 Å². The SMILES string of the molecule is COC(=O)C(NC(=O)N1CCCCC1(C)C(=O)O)C(C)C. The van der Waals surface area contributed by atoms with Crippen molar-refractivity contribution in [2.45, 2.75) is 51.6 Å². The molecule has 0 aromatic carbocycles. The third kappa shape index (κ3) is 3.65. The van der Waals surface area contributed by atoms with E-state index in [1.807, 2.05) is 0 Å². The average molecular weight is 300 g/mol. The lowest BCUT2D eigenvalue weighted by Gasteiger charge is -2.42. The number of hydrogen-bond donors (Lipinski definition) is 2. The van der Waals surface area contributed by atoms with Crippen LogP contribution >= 0.6 is 0 Å². The molecule has 1 rings (SSSR count). The zero-order chi connectivity index (χ0) is 16.2. The van der Waals surface area contributed by atoms with Gasteiger partial charge in [-0.25, -0.2) is 14.4 Å². The summed E-state index contributed by atoms with van der Waals surface area (Å²) in [6, 6.07) is -1.33. The monoisotopic (exact) mass is 300 g/mol. The molecule has 0 spiro atoms. The number of carboxylic acids is 1. The average Bonchev–Trinajstić information content (AvgIpc) is 2.43. The van der Waals surface area contributed by atoms with Gasteiger partial charge >= 0.3 is 18.0 Å². The van der Waals surface area contributed by atoms with E-state index >= 15 is 0 Å². The number of nitrogens with zero attached hydrogens (tertiary/aromatic N) is 1. The van der Waals surface area contributed by atoms with Gasteiger partial charge in [0.15, 0.2) is 0 Å². The topological polar surface area (TPSA) is 95.9 Å². The summed E-state index contributed by atoms with van der Waals surface area (Å²) in [5.74, 6) is -1.72. The summed E-state index contributed by atoms with van der Waals surface area (Å²) in [6.45, 7) is 5.47. The molecule has 21 heavy (non-hydrogen) atoms. The first-order valence-electron chi connectivity index (χ1n) is 7.13. The van der Waals surface area contributed by atoms with Crippen molar-refractivity contribution in [2.24, 2.45) is 5.92 Å². The quantitative estimate of drug-likeness (QED) is 0.761. The van der Waals surface area contributed by atoms with Gasteiger partial charge in [0.2, 0.25) is 0 Å². The van der Waals surface area contributed by atoms with Crippen molar-refractivity contribution >= 4 is 18.0 Å². The number of hydrogen-bond acceptors (Lipinski definition) is 4. The molecule has 0 saturated carbocycles. The number of ether oxygens (including phenoxy) is 1. The van der Waals surface area contributed by atoms with E-state index in [0.717, 1.165) is 12.8 Å². The minimum absolute atomic E-state index is 0.151. The van der Waals surface area contributed by atoms with Crippen LogP contribution in [0.3, 0.4) is 0 Å². The molecule has 7 heteroatoms. The van der Waals surface area contributed by atoms with E-state index in [1.165, 1.54) is 18.9 Å². The molecule has 1 aliphatic heterocycles. The molecule has 0 radical (unpaired) electrons. The van der Waals surface area contributed by atoms with Gasteiger partial charge in [0.25, 0.3) is 0 Å². The highest BCUT2D eigenvalue weighted by atomic mass is 16.5. The zero-order valence-corrected chi connectivity index (χ0v) is 13.0. The fourth-order valence-corrected chi connectivity index (χ4v) is 2.50. The van der Waals surface area contributed by atoms with Gasteiger partial charge in [-0.1, -0.05) is 13.8 Å². The van der Waals surface area contributed by atoms with Gasteiger partial charge in [0.1, 0.15) is 11.6 Å². The molecular formula is C14H24N2O5. The van der Waals surface area contributed by atoms with Crippen LogP contribution in [0, 0.1) is 5.92 Å². The highest BCUT2D eigenvalue weighted by Gasteiger charge is 2.44. The first-order valence-corrected chi connectivity index (χ1v) is 7.13. The number of rotatable bonds is 4. The van der Waals surface area contributed by atoms with Crippen molar-refractivity contribution in [2.75, 3.05) is 13.7 Å². The number of carbonyl (C=O) groups is 3. The van der Waals surface area contributed by atoms with Crippen molar-refractivity contribution in [1.82, 2.24) is 10.2 Å².